The number of piperidine rings is 1. The van der Waals surface area contributed by atoms with E-state index in [2.05, 4.69) is 0 Å². The van der Waals surface area contributed by atoms with Crippen molar-refractivity contribution in [2.24, 2.45) is 5.41 Å². The molecule has 0 atom stereocenters. The zero-order valence-corrected chi connectivity index (χ0v) is 18.8. The summed E-state index contributed by atoms with van der Waals surface area (Å²) in [6.45, 7) is 6.22. The molecule has 0 aromatic heterocycles. The van der Waals surface area contributed by atoms with Gasteiger partial charge >= 0.3 is 0 Å². The number of benzene rings is 2. The van der Waals surface area contributed by atoms with Crippen molar-refractivity contribution in [1.82, 2.24) is 9.80 Å². The number of rotatable bonds is 6. The predicted molar refractivity (Wildman–Crippen MR) is 123 cm³/mol. The van der Waals surface area contributed by atoms with Crippen LogP contribution in [0.1, 0.15) is 35.2 Å². The fourth-order valence-corrected chi connectivity index (χ4v) is 4.43. The van der Waals surface area contributed by atoms with Crippen molar-refractivity contribution < 1.29 is 19.1 Å². The summed E-state index contributed by atoms with van der Waals surface area (Å²) in [4.78, 5) is 29.9. The smallest absolute Gasteiger partial charge is 0.253 e. The van der Waals surface area contributed by atoms with Crippen LogP contribution in [0, 0.1) is 12.3 Å². The van der Waals surface area contributed by atoms with Gasteiger partial charge in [0.2, 0.25) is 5.91 Å². The highest BCUT2D eigenvalue weighted by atomic mass is 16.5. The van der Waals surface area contributed by atoms with Gasteiger partial charge in [-0.05, 0) is 44.0 Å². The van der Waals surface area contributed by atoms with Crippen LogP contribution < -0.4 is 4.74 Å². The molecule has 0 aliphatic carbocycles. The van der Waals surface area contributed by atoms with Gasteiger partial charge in [0.15, 0.2) is 0 Å². The van der Waals surface area contributed by atoms with Gasteiger partial charge in [-0.15, -0.1) is 0 Å². The molecule has 170 valence electrons. The molecule has 0 unspecified atom stereocenters. The maximum absolute atomic E-state index is 13.1. The van der Waals surface area contributed by atoms with E-state index < -0.39 is 0 Å². The van der Waals surface area contributed by atoms with E-state index in [0.717, 1.165) is 24.2 Å². The Morgan fingerprint density at radius 1 is 0.906 bits per heavy atom. The first-order valence-electron chi connectivity index (χ1n) is 11.4. The number of hydrogen-bond acceptors (Lipinski definition) is 4. The average Bonchev–Trinajstić information content (AvgIpc) is 2.84. The summed E-state index contributed by atoms with van der Waals surface area (Å²) in [5, 5.41) is 0. The lowest BCUT2D eigenvalue weighted by molar-refractivity contribution is -0.139. The van der Waals surface area contributed by atoms with Crippen LogP contribution in [0.5, 0.6) is 5.75 Å². The van der Waals surface area contributed by atoms with Crippen LogP contribution in [0.2, 0.25) is 0 Å². The number of amides is 2. The third-order valence-electron chi connectivity index (χ3n) is 6.59. The molecule has 2 heterocycles. The van der Waals surface area contributed by atoms with Crippen molar-refractivity contribution in [2.45, 2.75) is 26.2 Å². The molecule has 0 spiro atoms. The topological polar surface area (TPSA) is 59.1 Å². The zero-order valence-electron chi connectivity index (χ0n) is 18.8. The largest absolute Gasteiger partial charge is 0.493 e. The van der Waals surface area contributed by atoms with Gasteiger partial charge in [-0.25, -0.2) is 0 Å². The molecule has 0 saturated carbocycles. The molecule has 2 aromatic carbocycles. The molecule has 2 fully saturated rings. The van der Waals surface area contributed by atoms with Crippen LogP contribution in [0.15, 0.2) is 54.6 Å². The summed E-state index contributed by atoms with van der Waals surface area (Å²) in [5.41, 5.74) is 1.57. The van der Waals surface area contributed by atoms with Crippen molar-refractivity contribution in [3.05, 3.63) is 65.7 Å². The lowest BCUT2D eigenvalue weighted by Crippen LogP contribution is -2.49. The van der Waals surface area contributed by atoms with Gasteiger partial charge in [0, 0.05) is 43.6 Å². The highest BCUT2D eigenvalue weighted by molar-refractivity contribution is 5.94. The van der Waals surface area contributed by atoms with E-state index in [9.17, 15) is 9.59 Å². The van der Waals surface area contributed by atoms with Gasteiger partial charge in [0.05, 0.1) is 19.8 Å². The minimum Gasteiger partial charge on any atom is -0.493 e. The van der Waals surface area contributed by atoms with Gasteiger partial charge in [-0.2, -0.15) is 0 Å². The van der Waals surface area contributed by atoms with Crippen molar-refractivity contribution in [2.75, 3.05) is 46.0 Å². The number of para-hydroxylation sites is 1. The molecule has 2 amide bonds. The van der Waals surface area contributed by atoms with Crippen molar-refractivity contribution in [1.29, 1.82) is 0 Å². The third-order valence-corrected chi connectivity index (χ3v) is 6.59. The van der Waals surface area contributed by atoms with Crippen molar-refractivity contribution in [3.8, 4) is 5.75 Å². The molecule has 2 aromatic rings. The van der Waals surface area contributed by atoms with Gasteiger partial charge in [-0.1, -0.05) is 35.9 Å². The number of aryl methyl sites for hydroxylation is 1. The molecule has 4 rings (SSSR count). The average molecular weight is 437 g/mol. The Balaban J connectivity index is 1.44. The number of likely N-dealkylation sites (tertiary alicyclic amines) is 1. The summed E-state index contributed by atoms with van der Waals surface area (Å²) < 4.78 is 11.5. The summed E-state index contributed by atoms with van der Waals surface area (Å²) >= 11 is 0. The van der Waals surface area contributed by atoms with Crippen LogP contribution in [0.25, 0.3) is 0 Å². The first kappa shape index (κ1) is 22.3. The van der Waals surface area contributed by atoms with E-state index in [1.165, 1.54) is 0 Å². The highest BCUT2D eigenvalue weighted by Gasteiger charge is 2.40. The van der Waals surface area contributed by atoms with Gasteiger partial charge in [-0.3, -0.25) is 9.59 Å². The van der Waals surface area contributed by atoms with E-state index in [1.54, 1.807) is 0 Å². The number of ether oxygens (including phenoxy) is 2. The number of carbonyl (C=O) groups is 2. The molecule has 2 aliphatic heterocycles. The lowest BCUT2D eigenvalue weighted by atomic mass is 9.75. The minimum absolute atomic E-state index is 0.0575. The van der Waals surface area contributed by atoms with E-state index >= 15 is 0 Å². The standard InChI is InChI=1S/C26H32N2O4/c1-21-7-9-22(10-8-21)25(30)28-13-11-26(12-14-28,20-32-23-5-3-2-4-6-23)19-24(29)27-15-17-31-18-16-27/h2-10H,11-20H2,1H3. The van der Waals surface area contributed by atoms with Crippen LogP contribution in [0.3, 0.4) is 0 Å². The fraction of sp³-hybridized carbons (Fsp3) is 0.462. The molecule has 6 nitrogen and oxygen atoms in total. The van der Waals surface area contributed by atoms with Crippen LogP contribution >= 0.6 is 0 Å². The zero-order chi connectivity index (χ0) is 22.4. The van der Waals surface area contributed by atoms with Crippen LogP contribution in [-0.4, -0.2) is 67.6 Å². The van der Waals surface area contributed by atoms with Gasteiger partial charge in [0.1, 0.15) is 5.75 Å². The Morgan fingerprint density at radius 2 is 1.56 bits per heavy atom. The van der Waals surface area contributed by atoms with Crippen molar-refractivity contribution >= 4 is 11.8 Å². The lowest BCUT2D eigenvalue weighted by Gasteiger charge is -2.42. The Hall–Kier alpha value is -2.86. The van der Waals surface area contributed by atoms with E-state index in [1.807, 2.05) is 71.3 Å². The second kappa shape index (κ2) is 10.2. The molecule has 32 heavy (non-hydrogen) atoms. The monoisotopic (exact) mass is 436 g/mol. The first-order valence-corrected chi connectivity index (χ1v) is 11.4. The quantitative estimate of drug-likeness (QED) is 0.695. The summed E-state index contributed by atoms with van der Waals surface area (Å²) in [6, 6.07) is 17.4. The number of nitrogens with zero attached hydrogens (tertiary/aromatic N) is 2. The summed E-state index contributed by atoms with van der Waals surface area (Å²) in [5.74, 6) is 1.02. The number of morpholine rings is 1. The van der Waals surface area contributed by atoms with E-state index in [0.29, 0.717) is 58.0 Å². The predicted octanol–water partition coefficient (Wildman–Crippen LogP) is 3.55. The molecule has 2 saturated heterocycles. The number of hydrogen-bond donors (Lipinski definition) is 0. The highest BCUT2D eigenvalue weighted by Crippen LogP contribution is 2.37. The number of carbonyl (C=O) groups excluding carboxylic acids is 2. The Morgan fingerprint density at radius 3 is 2.22 bits per heavy atom. The second-order valence-electron chi connectivity index (χ2n) is 8.93. The molecule has 6 heteroatoms. The molecular formula is C26H32N2O4. The van der Waals surface area contributed by atoms with Crippen LogP contribution in [-0.2, 0) is 9.53 Å². The molecule has 0 bridgehead atoms. The molecule has 2 aliphatic rings. The minimum atomic E-state index is -0.282. The third kappa shape index (κ3) is 5.49. The Bertz CT molecular complexity index is 899. The van der Waals surface area contributed by atoms with Crippen molar-refractivity contribution in [3.63, 3.8) is 0 Å². The molecule has 0 N–H and O–H groups in total. The SMILES string of the molecule is Cc1ccc(C(=O)N2CCC(COc3ccccc3)(CC(=O)N3CCOCC3)CC2)cc1. The summed E-state index contributed by atoms with van der Waals surface area (Å²) in [7, 11) is 0. The maximum atomic E-state index is 13.1. The molecular weight excluding hydrogens is 404 g/mol. The first-order chi connectivity index (χ1) is 15.5. The fourth-order valence-electron chi connectivity index (χ4n) is 4.43. The molecule has 0 radical (unpaired) electrons. The van der Waals surface area contributed by atoms with Gasteiger partial charge < -0.3 is 19.3 Å². The van der Waals surface area contributed by atoms with E-state index in [-0.39, 0.29) is 17.2 Å². The van der Waals surface area contributed by atoms with E-state index in [4.69, 9.17) is 9.47 Å². The second-order valence-corrected chi connectivity index (χ2v) is 8.93. The summed E-state index contributed by atoms with van der Waals surface area (Å²) in [6.07, 6.45) is 1.92. The normalized spacial score (nSPS) is 18.3. The Kier molecular flexibility index (Phi) is 7.10. The van der Waals surface area contributed by atoms with Gasteiger partial charge in [0.25, 0.3) is 5.91 Å². The maximum Gasteiger partial charge on any atom is 0.253 e. The van der Waals surface area contributed by atoms with Crippen LogP contribution in [0.4, 0.5) is 0 Å². The Labute approximate surface area is 190 Å².